The highest BCUT2D eigenvalue weighted by atomic mass is 16.5. The molecule has 4 nitrogen and oxygen atoms in total. The standard InChI is InChI=1S/C13H17NO3/c1-16-8-9-17-11-5-3-2-4-10(11)12(15)13(14)6-7-13/h2-5H,6-9,14H2,1H3. The molecule has 1 aromatic rings. The zero-order valence-electron chi connectivity index (χ0n) is 9.94. The Labute approximate surface area is 101 Å². The predicted octanol–water partition coefficient (Wildman–Crippen LogP) is 1.39. The van der Waals surface area contributed by atoms with Crippen LogP contribution in [0, 0.1) is 0 Å². The van der Waals surface area contributed by atoms with Crippen molar-refractivity contribution < 1.29 is 14.3 Å². The van der Waals surface area contributed by atoms with Gasteiger partial charge < -0.3 is 15.2 Å². The van der Waals surface area contributed by atoms with E-state index in [-0.39, 0.29) is 5.78 Å². The van der Waals surface area contributed by atoms with Crippen LogP contribution in [0.25, 0.3) is 0 Å². The van der Waals surface area contributed by atoms with Crippen LogP contribution in [-0.4, -0.2) is 31.6 Å². The Hall–Kier alpha value is -1.39. The first-order valence-electron chi connectivity index (χ1n) is 5.72. The second kappa shape index (κ2) is 4.85. The summed E-state index contributed by atoms with van der Waals surface area (Å²) in [5.74, 6) is 0.566. The van der Waals surface area contributed by atoms with Crippen molar-refractivity contribution in [1.29, 1.82) is 0 Å². The van der Waals surface area contributed by atoms with E-state index in [1.807, 2.05) is 12.1 Å². The lowest BCUT2D eigenvalue weighted by atomic mass is 10.0. The molecule has 0 spiro atoms. The first-order valence-corrected chi connectivity index (χ1v) is 5.72. The molecule has 2 N–H and O–H groups in total. The molecule has 0 bridgehead atoms. The maximum Gasteiger partial charge on any atom is 0.186 e. The molecular formula is C13H17NO3. The molecule has 0 atom stereocenters. The Morgan fingerprint density at radius 2 is 2.06 bits per heavy atom. The lowest BCUT2D eigenvalue weighted by molar-refractivity contribution is 0.0941. The number of hydrogen-bond acceptors (Lipinski definition) is 4. The molecule has 0 aliphatic heterocycles. The van der Waals surface area contributed by atoms with E-state index < -0.39 is 5.54 Å². The molecule has 0 unspecified atom stereocenters. The van der Waals surface area contributed by atoms with Gasteiger partial charge in [-0.1, -0.05) is 12.1 Å². The summed E-state index contributed by atoms with van der Waals surface area (Å²) in [5.41, 5.74) is 5.84. The number of para-hydroxylation sites is 1. The number of ether oxygens (including phenoxy) is 2. The van der Waals surface area contributed by atoms with Gasteiger partial charge in [-0.05, 0) is 25.0 Å². The van der Waals surface area contributed by atoms with E-state index in [4.69, 9.17) is 15.2 Å². The maximum atomic E-state index is 12.1. The average Bonchev–Trinajstić information content (AvgIpc) is 3.09. The van der Waals surface area contributed by atoms with Crippen molar-refractivity contribution in [2.45, 2.75) is 18.4 Å². The second-order valence-electron chi connectivity index (χ2n) is 4.32. The summed E-state index contributed by atoms with van der Waals surface area (Å²) in [6.07, 6.45) is 1.52. The molecule has 0 amide bonds. The van der Waals surface area contributed by atoms with Gasteiger partial charge in [0, 0.05) is 7.11 Å². The van der Waals surface area contributed by atoms with Gasteiger partial charge in [0.15, 0.2) is 5.78 Å². The van der Waals surface area contributed by atoms with Gasteiger partial charge in [0.2, 0.25) is 0 Å². The number of carbonyl (C=O) groups is 1. The molecule has 92 valence electrons. The summed E-state index contributed by atoms with van der Waals surface area (Å²) in [7, 11) is 1.61. The number of hydrogen-bond donors (Lipinski definition) is 1. The first kappa shape index (κ1) is 12.1. The molecule has 0 heterocycles. The second-order valence-corrected chi connectivity index (χ2v) is 4.32. The van der Waals surface area contributed by atoms with Crippen LogP contribution in [-0.2, 0) is 4.74 Å². The Balaban J connectivity index is 2.13. The van der Waals surface area contributed by atoms with Gasteiger partial charge in [-0.25, -0.2) is 0 Å². The monoisotopic (exact) mass is 235 g/mol. The fourth-order valence-corrected chi connectivity index (χ4v) is 1.64. The molecule has 0 radical (unpaired) electrons. The van der Waals surface area contributed by atoms with Crippen LogP contribution in [0.2, 0.25) is 0 Å². The molecule has 4 heteroatoms. The van der Waals surface area contributed by atoms with Crippen molar-refractivity contribution in [2.75, 3.05) is 20.3 Å². The minimum atomic E-state index is -0.652. The topological polar surface area (TPSA) is 61.5 Å². The fraction of sp³-hybridized carbons (Fsp3) is 0.462. The highest BCUT2D eigenvalue weighted by Crippen LogP contribution is 2.37. The molecule has 1 fully saturated rings. The quantitative estimate of drug-likeness (QED) is 0.598. The molecule has 0 aromatic heterocycles. The molecule has 1 saturated carbocycles. The van der Waals surface area contributed by atoms with Crippen LogP contribution < -0.4 is 10.5 Å². The predicted molar refractivity (Wildman–Crippen MR) is 64.3 cm³/mol. The van der Waals surface area contributed by atoms with Gasteiger partial charge in [0.1, 0.15) is 12.4 Å². The summed E-state index contributed by atoms with van der Waals surface area (Å²) in [6, 6.07) is 7.21. The highest BCUT2D eigenvalue weighted by Gasteiger charge is 2.46. The number of Topliss-reactive ketones (excluding diaryl/α,β-unsaturated/α-hetero) is 1. The van der Waals surface area contributed by atoms with Crippen molar-refractivity contribution in [3.05, 3.63) is 29.8 Å². The zero-order chi connectivity index (χ0) is 12.3. The van der Waals surface area contributed by atoms with Gasteiger partial charge in [-0.3, -0.25) is 4.79 Å². The smallest absolute Gasteiger partial charge is 0.186 e. The Morgan fingerprint density at radius 3 is 2.71 bits per heavy atom. The minimum Gasteiger partial charge on any atom is -0.490 e. The van der Waals surface area contributed by atoms with Gasteiger partial charge in [0.05, 0.1) is 17.7 Å². The van der Waals surface area contributed by atoms with Crippen molar-refractivity contribution in [2.24, 2.45) is 5.73 Å². The highest BCUT2D eigenvalue weighted by molar-refractivity contribution is 6.07. The third-order valence-corrected chi connectivity index (χ3v) is 2.92. The van der Waals surface area contributed by atoms with Crippen LogP contribution in [0.15, 0.2) is 24.3 Å². The van der Waals surface area contributed by atoms with E-state index in [1.165, 1.54) is 0 Å². The number of rotatable bonds is 6. The van der Waals surface area contributed by atoms with Crippen molar-refractivity contribution >= 4 is 5.78 Å². The number of methoxy groups -OCH3 is 1. The van der Waals surface area contributed by atoms with Crippen molar-refractivity contribution in [3.8, 4) is 5.75 Å². The number of ketones is 1. The summed E-state index contributed by atoms with van der Waals surface area (Å²) in [4.78, 5) is 12.1. The normalized spacial score (nSPS) is 16.6. The van der Waals surface area contributed by atoms with Crippen LogP contribution in [0.5, 0.6) is 5.75 Å². The van der Waals surface area contributed by atoms with E-state index in [2.05, 4.69) is 0 Å². The number of nitrogens with two attached hydrogens (primary N) is 1. The first-order chi connectivity index (χ1) is 8.17. The largest absolute Gasteiger partial charge is 0.490 e. The molecule has 1 aromatic carbocycles. The van der Waals surface area contributed by atoms with Crippen LogP contribution >= 0.6 is 0 Å². The van der Waals surface area contributed by atoms with E-state index >= 15 is 0 Å². The molecule has 1 aliphatic carbocycles. The van der Waals surface area contributed by atoms with Crippen LogP contribution in [0.4, 0.5) is 0 Å². The van der Waals surface area contributed by atoms with E-state index in [0.29, 0.717) is 24.5 Å². The van der Waals surface area contributed by atoms with Gasteiger partial charge in [-0.2, -0.15) is 0 Å². The molecule has 2 rings (SSSR count). The summed E-state index contributed by atoms with van der Waals surface area (Å²) >= 11 is 0. The van der Waals surface area contributed by atoms with E-state index in [0.717, 1.165) is 12.8 Å². The summed E-state index contributed by atoms with van der Waals surface area (Å²) < 4.78 is 10.4. The average molecular weight is 235 g/mol. The van der Waals surface area contributed by atoms with Crippen molar-refractivity contribution in [1.82, 2.24) is 0 Å². The Bertz CT molecular complexity index is 413. The molecule has 1 aliphatic rings. The lowest BCUT2D eigenvalue weighted by Gasteiger charge is -2.13. The summed E-state index contributed by atoms with van der Waals surface area (Å²) in [5, 5.41) is 0. The van der Waals surface area contributed by atoms with Crippen molar-refractivity contribution in [3.63, 3.8) is 0 Å². The summed E-state index contributed by atoms with van der Waals surface area (Å²) in [6.45, 7) is 0.925. The molecule has 0 saturated heterocycles. The van der Waals surface area contributed by atoms with Gasteiger partial charge >= 0.3 is 0 Å². The number of benzene rings is 1. The van der Waals surface area contributed by atoms with Gasteiger partial charge in [0.25, 0.3) is 0 Å². The SMILES string of the molecule is COCCOc1ccccc1C(=O)C1(N)CC1. The zero-order valence-corrected chi connectivity index (χ0v) is 9.94. The maximum absolute atomic E-state index is 12.1. The molecular weight excluding hydrogens is 218 g/mol. The van der Waals surface area contributed by atoms with Gasteiger partial charge in [-0.15, -0.1) is 0 Å². The Kier molecular flexibility index (Phi) is 3.45. The van der Waals surface area contributed by atoms with E-state index in [1.54, 1.807) is 19.2 Å². The third kappa shape index (κ3) is 2.65. The number of carbonyl (C=O) groups excluding carboxylic acids is 1. The fourth-order valence-electron chi connectivity index (χ4n) is 1.64. The lowest BCUT2D eigenvalue weighted by Crippen LogP contribution is -2.33. The minimum absolute atomic E-state index is 0.0227. The Morgan fingerprint density at radius 1 is 1.35 bits per heavy atom. The van der Waals surface area contributed by atoms with E-state index in [9.17, 15) is 4.79 Å². The molecule has 17 heavy (non-hydrogen) atoms. The van der Waals surface area contributed by atoms with Crippen LogP contribution in [0.3, 0.4) is 0 Å². The third-order valence-electron chi connectivity index (χ3n) is 2.92. The van der Waals surface area contributed by atoms with Crippen LogP contribution in [0.1, 0.15) is 23.2 Å².